The number of nitrogens with zero attached hydrogens (tertiary/aromatic N) is 3. The number of hydrogen-bond donors (Lipinski definition) is 0. The van der Waals surface area contributed by atoms with E-state index in [4.69, 9.17) is 0 Å². The molecule has 0 amide bonds. The van der Waals surface area contributed by atoms with E-state index in [-0.39, 0.29) is 63.7 Å². The summed E-state index contributed by atoms with van der Waals surface area (Å²) in [6, 6.07) is 2.99. The van der Waals surface area contributed by atoms with E-state index in [0.29, 0.717) is 11.3 Å². The Balaban J connectivity index is 0.00000112. The van der Waals surface area contributed by atoms with Gasteiger partial charge in [0.1, 0.15) is 0 Å². The van der Waals surface area contributed by atoms with Crippen molar-refractivity contribution in [1.29, 1.82) is 0 Å². The molecular weight excluding hydrogens is 268 g/mol. The van der Waals surface area contributed by atoms with Crippen molar-refractivity contribution in [3.8, 4) is 0 Å². The van der Waals surface area contributed by atoms with Gasteiger partial charge in [0.2, 0.25) is 0 Å². The van der Waals surface area contributed by atoms with E-state index in [9.17, 15) is 9.59 Å². The summed E-state index contributed by atoms with van der Waals surface area (Å²) in [5.41, 5.74) is 0.233. The van der Waals surface area contributed by atoms with Gasteiger partial charge < -0.3 is 9.55 Å². The summed E-state index contributed by atoms with van der Waals surface area (Å²) in [5, 5.41) is 0.728. The molecule has 0 bridgehead atoms. The van der Waals surface area contributed by atoms with Crippen LogP contribution in [-0.4, -0.2) is 9.55 Å². The van der Waals surface area contributed by atoms with Crippen LogP contribution in [-0.2, 0) is 7.05 Å². The van der Waals surface area contributed by atoms with Crippen LogP contribution in [0.3, 0.4) is 0 Å². The first-order valence-corrected chi connectivity index (χ1v) is 4.11. The van der Waals surface area contributed by atoms with Crippen LogP contribution < -0.4 is 74.4 Å². The summed E-state index contributed by atoms with van der Waals surface area (Å²) in [7, 11) is 1.55. The van der Waals surface area contributed by atoms with Crippen molar-refractivity contribution in [2.24, 2.45) is 7.05 Å². The first kappa shape index (κ1) is 13.0. The monoisotopic (exact) mass is 275 g/mol. The van der Waals surface area contributed by atoms with Gasteiger partial charge in [0.05, 0.1) is 0 Å². The van der Waals surface area contributed by atoms with E-state index in [1.807, 2.05) is 0 Å². The van der Waals surface area contributed by atoms with Crippen molar-refractivity contribution < 1.29 is 58.2 Å². The smallest absolute Gasteiger partial charge is 0.400 e. The molecule has 2 aromatic heterocycles. The largest absolute Gasteiger partial charge is 1.00 e. The molecule has 0 unspecified atom stereocenters. The van der Waals surface area contributed by atoms with Gasteiger partial charge in [-0.15, -0.1) is 0 Å². The standard InChI is InChI=1S/C9H9N3O2.Rb/c1-5-6-3-4-7(13)11-8(6)12(2)9(14)10-5;/h3-4H,1-2H3,(H,10,11,13,14);/q;+1/p-1. The maximum Gasteiger partial charge on any atom is 1.00 e. The molecule has 0 atom stereocenters. The second-order valence-corrected chi connectivity index (χ2v) is 3.06. The van der Waals surface area contributed by atoms with Gasteiger partial charge >= 0.3 is 58.2 Å². The third kappa shape index (κ3) is 2.35. The third-order valence-corrected chi connectivity index (χ3v) is 2.11. The molecule has 0 aromatic carbocycles. The van der Waals surface area contributed by atoms with Gasteiger partial charge in [-0.25, -0.2) is 4.98 Å². The van der Waals surface area contributed by atoms with Gasteiger partial charge in [-0.3, -0.25) is 9.59 Å². The Bertz CT molecular complexity index is 615. The Morgan fingerprint density at radius 2 is 2.00 bits per heavy atom. The fourth-order valence-electron chi connectivity index (χ4n) is 1.34. The summed E-state index contributed by atoms with van der Waals surface area (Å²) < 4.78 is 1.27. The Morgan fingerprint density at radius 1 is 1.33 bits per heavy atom. The molecule has 0 fully saturated rings. The molecule has 72 valence electrons. The topological polar surface area (TPSA) is 66.1 Å². The van der Waals surface area contributed by atoms with Crippen LogP contribution in [0.15, 0.2) is 21.7 Å². The van der Waals surface area contributed by atoms with Gasteiger partial charge in [0, 0.05) is 5.69 Å². The summed E-state index contributed by atoms with van der Waals surface area (Å²) in [6.45, 7) is 1.72. The SMILES string of the molecule is Cc1nc(=O)n(C)c2[n-]c(=O)ccc12.[Rb+]. The van der Waals surface area contributed by atoms with E-state index in [0.717, 1.165) is 5.39 Å². The minimum atomic E-state index is -0.395. The fourth-order valence-corrected chi connectivity index (χ4v) is 1.34. The Morgan fingerprint density at radius 3 is 2.67 bits per heavy atom. The quantitative estimate of drug-likeness (QED) is 0.502. The maximum atomic E-state index is 11.3. The molecule has 0 saturated carbocycles. The van der Waals surface area contributed by atoms with Crippen molar-refractivity contribution in [2.45, 2.75) is 6.92 Å². The minimum absolute atomic E-state index is 0. The zero-order valence-corrected chi connectivity index (χ0v) is 13.7. The zero-order chi connectivity index (χ0) is 10.3. The summed E-state index contributed by atoms with van der Waals surface area (Å²) in [6.07, 6.45) is 0. The number of fused-ring (bicyclic) bond motifs is 1. The number of pyridine rings is 1. The average molecular weight is 276 g/mol. The molecule has 0 spiro atoms. The van der Waals surface area contributed by atoms with Gasteiger partial charge in [-0.05, 0) is 30.1 Å². The molecule has 0 aliphatic heterocycles. The summed E-state index contributed by atoms with van der Waals surface area (Å²) in [5.74, 6) is 0. The normalized spacial score (nSPS) is 10.0. The average Bonchev–Trinajstić information content (AvgIpc) is 2.14. The van der Waals surface area contributed by atoms with Crippen LogP contribution in [0.4, 0.5) is 0 Å². The molecule has 2 heterocycles. The molecule has 0 aliphatic carbocycles. The van der Waals surface area contributed by atoms with Crippen molar-refractivity contribution in [3.63, 3.8) is 0 Å². The van der Waals surface area contributed by atoms with E-state index < -0.39 is 5.69 Å². The van der Waals surface area contributed by atoms with E-state index >= 15 is 0 Å². The Labute approximate surface area is 134 Å². The molecule has 2 aromatic rings. The van der Waals surface area contributed by atoms with Crippen LogP contribution in [0.5, 0.6) is 0 Å². The molecule has 5 nitrogen and oxygen atoms in total. The van der Waals surface area contributed by atoms with Crippen molar-refractivity contribution in [2.75, 3.05) is 0 Å². The second kappa shape index (κ2) is 4.82. The van der Waals surface area contributed by atoms with E-state index in [1.54, 1.807) is 20.0 Å². The first-order valence-electron chi connectivity index (χ1n) is 4.11. The number of hydrogen-bond acceptors (Lipinski definition) is 3. The zero-order valence-electron chi connectivity index (χ0n) is 8.81. The van der Waals surface area contributed by atoms with Crippen LogP contribution in [0, 0.1) is 6.92 Å². The fraction of sp³-hybridized carbons (Fsp3) is 0.222. The minimum Gasteiger partial charge on any atom is -0.400 e. The van der Waals surface area contributed by atoms with Crippen LogP contribution in [0.2, 0.25) is 0 Å². The third-order valence-electron chi connectivity index (χ3n) is 2.11. The predicted octanol–water partition coefficient (Wildman–Crippen LogP) is -3.44. The van der Waals surface area contributed by atoms with Crippen LogP contribution >= 0.6 is 0 Å². The molecule has 0 N–H and O–H groups in total. The predicted molar refractivity (Wildman–Crippen MR) is 51.3 cm³/mol. The first-order chi connectivity index (χ1) is 6.59. The van der Waals surface area contributed by atoms with E-state index in [2.05, 4.69) is 9.97 Å². The summed E-state index contributed by atoms with van der Waals surface area (Å²) >= 11 is 0. The van der Waals surface area contributed by atoms with Gasteiger partial charge in [-0.1, -0.05) is 7.05 Å². The maximum absolute atomic E-state index is 11.3. The molecule has 0 aliphatic rings. The second-order valence-electron chi connectivity index (χ2n) is 3.06. The molecule has 15 heavy (non-hydrogen) atoms. The molecule has 0 saturated heterocycles. The van der Waals surface area contributed by atoms with Gasteiger partial charge in [0.25, 0.3) is 5.69 Å². The molecule has 0 radical (unpaired) electrons. The molecule has 6 heteroatoms. The molecule has 2 rings (SSSR count). The van der Waals surface area contributed by atoms with Crippen molar-refractivity contribution in [3.05, 3.63) is 38.7 Å². The van der Waals surface area contributed by atoms with E-state index in [1.165, 1.54) is 10.6 Å². The van der Waals surface area contributed by atoms with Gasteiger partial charge in [-0.2, -0.15) is 0 Å². The Kier molecular flexibility index (Phi) is 4.16. The molecular formula is C9H8N3O2Rb. The number of rotatable bonds is 0. The number of aryl methyl sites for hydroxylation is 2. The van der Waals surface area contributed by atoms with Crippen molar-refractivity contribution in [1.82, 2.24) is 14.5 Å². The van der Waals surface area contributed by atoms with Crippen LogP contribution in [0.1, 0.15) is 5.69 Å². The van der Waals surface area contributed by atoms with Crippen molar-refractivity contribution >= 4 is 11.0 Å². The summed E-state index contributed by atoms with van der Waals surface area (Å²) in [4.78, 5) is 29.8. The van der Waals surface area contributed by atoms with Gasteiger partial charge in [0.15, 0.2) is 5.56 Å². The Hall–Kier alpha value is -0.105. The number of aromatic nitrogens is 3. The van der Waals surface area contributed by atoms with Crippen LogP contribution in [0.25, 0.3) is 11.0 Å².